The molecule has 0 saturated carbocycles. The largest absolute Gasteiger partial charge is 0.507 e. The van der Waals surface area contributed by atoms with Gasteiger partial charge >= 0.3 is 0 Å². The monoisotopic (exact) mass is 236 g/mol. The van der Waals surface area contributed by atoms with Gasteiger partial charge in [0, 0.05) is 9.86 Å². The lowest BCUT2D eigenvalue weighted by atomic mass is 10.1. The number of benzene rings is 2. The van der Waals surface area contributed by atoms with Crippen LogP contribution < -0.4 is 0 Å². The molecule has 0 radical (unpaired) electrons. The minimum Gasteiger partial charge on any atom is -0.507 e. The number of aryl methyl sites for hydroxylation is 1. The maximum atomic E-state index is 9.76. The molecule has 2 aromatic rings. The second-order valence-corrected chi connectivity index (χ2v) is 3.92. The molecule has 66 valence electrons. The van der Waals surface area contributed by atoms with E-state index in [-0.39, 0.29) is 0 Å². The Balaban J connectivity index is 2.94. The summed E-state index contributed by atoms with van der Waals surface area (Å²) in [5.41, 5.74) is 0.908. The van der Waals surface area contributed by atoms with Crippen molar-refractivity contribution in [3.63, 3.8) is 0 Å². The Morgan fingerprint density at radius 2 is 1.85 bits per heavy atom. The summed E-state index contributed by atoms with van der Waals surface area (Å²) in [4.78, 5) is 0. The number of halogens is 1. The molecule has 2 heteroatoms. The van der Waals surface area contributed by atoms with Crippen LogP contribution in [0.15, 0.2) is 34.8 Å². The lowest BCUT2D eigenvalue weighted by Gasteiger charge is -2.04. The summed E-state index contributed by atoms with van der Waals surface area (Å²) in [5.74, 6) is 0.374. The van der Waals surface area contributed by atoms with Crippen LogP contribution in [0.1, 0.15) is 5.56 Å². The van der Waals surface area contributed by atoms with Crippen molar-refractivity contribution in [2.24, 2.45) is 0 Å². The molecule has 2 rings (SSSR count). The lowest BCUT2D eigenvalue weighted by molar-refractivity contribution is 0.477. The van der Waals surface area contributed by atoms with Crippen LogP contribution in [0, 0.1) is 6.92 Å². The number of hydrogen-bond donors (Lipinski definition) is 1. The van der Waals surface area contributed by atoms with Crippen molar-refractivity contribution >= 4 is 26.7 Å². The van der Waals surface area contributed by atoms with Crippen LogP contribution in [0.2, 0.25) is 0 Å². The molecule has 13 heavy (non-hydrogen) atoms. The number of phenols is 1. The first-order chi connectivity index (χ1) is 6.20. The smallest absolute Gasteiger partial charge is 0.126 e. The molecular formula is C11H9BrO. The highest BCUT2D eigenvalue weighted by atomic mass is 79.9. The standard InChI is InChI=1S/C11H9BrO/c1-7-5-6-8-9(11(7)13)3-2-4-10(8)12/h2-6,13H,1H3. The summed E-state index contributed by atoms with van der Waals surface area (Å²) in [7, 11) is 0. The molecule has 0 fully saturated rings. The topological polar surface area (TPSA) is 20.2 Å². The summed E-state index contributed by atoms with van der Waals surface area (Å²) >= 11 is 3.44. The highest BCUT2D eigenvalue weighted by Gasteiger charge is 2.03. The Labute approximate surface area is 85.1 Å². The van der Waals surface area contributed by atoms with Gasteiger partial charge in [-0.05, 0) is 23.9 Å². The van der Waals surface area contributed by atoms with Crippen molar-refractivity contribution in [3.8, 4) is 5.75 Å². The molecule has 0 unspecified atom stereocenters. The average molecular weight is 237 g/mol. The van der Waals surface area contributed by atoms with Gasteiger partial charge in [0.15, 0.2) is 0 Å². The van der Waals surface area contributed by atoms with E-state index in [4.69, 9.17) is 0 Å². The third kappa shape index (κ3) is 1.31. The number of phenolic OH excluding ortho intramolecular Hbond substituents is 1. The van der Waals surface area contributed by atoms with Crippen LogP contribution >= 0.6 is 15.9 Å². The van der Waals surface area contributed by atoms with E-state index in [0.29, 0.717) is 5.75 Å². The van der Waals surface area contributed by atoms with Crippen molar-refractivity contribution in [1.82, 2.24) is 0 Å². The molecule has 0 bridgehead atoms. The second kappa shape index (κ2) is 3.04. The van der Waals surface area contributed by atoms with E-state index in [1.807, 2.05) is 37.3 Å². The molecule has 0 atom stereocenters. The molecule has 2 aromatic carbocycles. The van der Waals surface area contributed by atoms with Crippen molar-refractivity contribution in [3.05, 3.63) is 40.4 Å². The van der Waals surface area contributed by atoms with E-state index < -0.39 is 0 Å². The first-order valence-corrected chi connectivity index (χ1v) is 4.86. The predicted octanol–water partition coefficient (Wildman–Crippen LogP) is 3.62. The molecule has 0 spiro atoms. The fourth-order valence-electron chi connectivity index (χ4n) is 1.41. The molecule has 0 saturated heterocycles. The van der Waals surface area contributed by atoms with Crippen LogP contribution in [0.3, 0.4) is 0 Å². The van der Waals surface area contributed by atoms with E-state index in [9.17, 15) is 5.11 Å². The summed E-state index contributed by atoms with van der Waals surface area (Å²) in [5, 5.41) is 11.7. The fourth-order valence-corrected chi connectivity index (χ4v) is 1.91. The Bertz CT molecular complexity index is 463. The van der Waals surface area contributed by atoms with Gasteiger partial charge in [0.1, 0.15) is 5.75 Å². The van der Waals surface area contributed by atoms with Gasteiger partial charge in [-0.1, -0.05) is 40.2 Å². The Morgan fingerprint density at radius 3 is 2.62 bits per heavy atom. The normalized spacial score (nSPS) is 10.6. The first-order valence-electron chi connectivity index (χ1n) is 4.07. The Morgan fingerprint density at radius 1 is 1.08 bits per heavy atom. The third-order valence-electron chi connectivity index (χ3n) is 2.18. The molecule has 0 aliphatic heterocycles. The predicted molar refractivity (Wildman–Crippen MR) is 58.0 cm³/mol. The van der Waals surface area contributed by atoms with Gasteiger partial charge in [0.25, 0.3) is 0 Å². The first kappa shape index (κ1) is 8.57. The Hall–Kier alpha value is -1.02. The highest BCUT2D eigenvalue weighted by molar-refractivity contribution is 9.10. The van der Waals surface area contributed by atoms with Crippen LogP contribution in [0.5, 0.6) is 5.75 Å². The van der Waals surface area contributed by atoms with Gasteiger partial charge in [-0.15, -0.1) is 0 Å². The van der Waals surface area contributed by atoms with Crippen molar-refractivity contribution in [1.29, 1.82) is 0 Å². The molecule has 1 nitrogen and oxygen atoms in total. The molecule has 0 heterocycles. The van der Waals surface area contributed by atoms with Crippen LogP contribution in [-0.4, -0.2) is 5.11 Å². The third-order valence-corrected chi connectivity index (χ3v) is 2.87. The van der Waals surface area contributed by atoms with Crippen molar-refractivity contribution in [2.45, 2.75) is 6.92 Å². The van der Waals surface area contributed by atoms with Gasteiger partial charge in [-0.25, -0.2) is 0 Å². The zero-order valence-corrected chi connectivity index (χ0v) is 8.80. The summed E-state index contributed by atoms with van der Waals surface area (Å²) in [6.07, 6.45) is 0. The maximum Gasteiger partial charge on any atom is 0.126 e. The average Bonchev–Trinajstić information content (AvgIpc) is 2.12. The zero-order chi connectivity index (χ0) is 9.42. The summed E-state index contributed by atoms with van der Waals surface area (Å²) in [6, 6.07) is 9.74. The van der Waals surface area contributed by atoms with E-state index in [0.717, 1.165) is 20.8 Å². The van der Waals surface area contributed by atoms with Gasteiger partial charge in [0.2, 0.25) is 0 Å². The van der Waals surface area contributed by atoms with Crippen molar-refractivity contribution in [2.75, 3.05) is 0 Å². The molecule has 0 aliphatic rings. The van der Waals surface area contributed by atoms with E-state index in [2.05, 4.69) is 15.9 Å². The number of fused-ring (bicyclic) bond motifs is 1. The minimum absolute atomic E-state index is 0.374. The Kier molecular flexibility index (Phi) is 2.00. The molecule has 0 aromatic heterocycles. The zero-order valence-electron chi connectivity index (χ0n) is 7.21. The SMILES string of the molecule is Cc1ccc2c(Br)cccc2c1O. The van der Waals surface area contributed by atoms with Crippen LogP contribution in [-0.2, 0) is 0 Å². The maximum absolute atomic E-state index is 9.76. The lowest BCUT2D eigenvalue weighted by Crippen LogP contribution is -1.79. The number of hydrogen-bond acceptors (Lipinski definition) is 1. The second-order valence-electron chi connectivity index (χ2n) is 3.07. The van der Waals surface area contributed by atoms with Crippen LogP contribution in [0.25, 0.3) is 10.8 Å². The van der Waals surface area contributed by atoms with Gasteiger partial charge in [-0.2, -0.15) is 0 Å². The van der Waals surface area contributed by atoms with E-state index in [1.54, 1.807) is 0 Å². The van der Waals surface area contributed by atoms with E-state index >= 15 is 0 Å². The fraction of sp³-hybridized carbons (Fsp3) is 0.0909. The van der Waals surface area contributed by atoms with E-state index in [1.165, 1.54) is 0 Å². The number of aromatic hydroxyl groups is 1. The van der Waals surface area contributed by atoms with Crippen molar-refractivity contribution < 1.29 is 5.11 Å². The van der Waals surface area contributed by atoms with Gasteiger partial charge in [-0.3, -0.25) is 0 Å². The van der Waals surface area contributed by atoms with Gasteiger partial charge in [0.05, 0.1) is 0 Å². The molecule has 0 aliphatic carbocycles. The molecule has 0 amide bonds. The summed E-state index contributed by atoms with van der Waals surface area (Å²) in [6.45, 7) is 1.90. The molecular weight excluding hydrogens is 228 g/mol. The quantitative estimate of drug-likeness (QED) is 0.741. The molecule has 1 N–H and O–H groups in total. The van der Waals surface area contributed by atoms with Gasteiger partial charge < -0.3 is 5.11 Å². The van der Waals surface area contributed by atoms with Crippen LogP contribution in [0.4, 0.5) is 0 Å². The summed E-state index contributed by atoms with van der Waals surface area (Å²) < 4.78 is 1.01. The highest BCUT2D eigenvalue weighted by Crippen LogP contribution is 2.32. The minimum atomic E-state index is 0.374. The number of rotatable bonds is 0.